The second-order valence-corrected chi connectivity index (χ2v) is 4.98. The van der Waals surface area contributed by atoms with Crippen LogP contribution in [0.1, 0.15) is 31.4 Å². The minimum Gasteiger partial charge on any atom is -0.506 e. The second-order valence-electron chi connectivity index (χ2n) is 4.98. The average molecular weight is 233 g/mol. The molecule has 17 heavy (non-hydrogen) atoms. The number of phenolic OH excluding ortho intramolecular Hbond substituents is 1. The van der Waals surface area contributed by atoms with Gasteiger partial charge in [-0.05, 0) is 37.0 Å². The van der Waals surface area contributed by atoms with Crippen LogP contribution in [-0.4, -0.2) is 17.6 Å². The number of hydrogen-bond donors (Lipinski definition) is 1. The number of aryl methyl sites for hydroxylation is 1. The Morgan fingerprint density at radius 2 is 2.12 bits per heavy atom. The van der Waals surface area contributed by atoms with Crippen LogP contribution in [0.3, 0.4) is 0 Å². The lowest BCUT2D eigenvalue weighted by Crippen LogP contribution is -2.38. The fourth-order valence-electron chi connectivity index (χ4n) is 2.40. The van der Waals surface area contributed by atoms with Gasteiger partial charge in [-0.25, -0.2) is 0 Å². The quantitative estimate of drug-likeness (QED) is 0.810. The highest BCUT2D eigenvalue weighted by atomic mass is 16.3. The van der Waals surface area contributed by atoms with E-state index in [0.717, 1.165) is 29.7 Å². The van der Waals surface area contributed by atoms with Crippen LogP contribution >= 0.6 is 0 Å². The van der Waals surface area contributed by atoms with Gasteiger partial charge in [0.1, 0.15) is 5.75 Å². The summed E-state index contributed by atoms with van der Waals surface area (Å²) >= 11 is 0. The van der Waals surface area contributed by atoms with Crippen molar-refractivity contribution in [3.63, 3.8) is 0 Å². The zero-order valence-electron chi connectivity index (χ0n) is 10.7. The lowest BCUT2D eigenvalue weighted by Gasteiger charge is -2.32. The number of carbonyl (C=O) groups excluding carboxylic acids is 1. The van der Waals surface area contributed by atoms with Crippen molar-refractivity contribution in [3.05, 3.63) is 23.3 Å². The number of amides is 1. The van der Waals surface area contributed by atoms with Gasteiger partial charge >= 0.3 is 0 Å². The van der Waals surface area contributed by atoms with E-state index in [1.54, 1.807) is 11.0 Å². The molecule has 0 saturated heterocycles. The van der Waals surface area contributed by atoms with Crippen molar-refractivity contribution in [1.82, 2.24) is 0 Å². The molecule has 0 unspecified atom stereocenters. The van der Waals surface area contributed by atoms with Crippen molar-refractivity contribution in [2.75, 3.05) is 11.4 Å². The normalized spacial score (nSPS) is 14.9. The van der Waals surface area contributed by atoms with Crippen LogP contribution in [0.25, 0.3) is 0 Å². The van der Waals surface area contributed by atoms with Crippen molar-refractivity contribution in [3.8, 4) is 5.75 Å². The standard InChI is InChI=1S/C14H19NO2/c1-9(2)14(17)15-8-4-5-11-10(3)6-7-12(16)13(11)15/h6-7,9,16H,4-5,8H2,1-3H3. The molecule has 1 N–H and O–H groups in total. The maximum absolute atomic E-state index is 12.1. The van der Waals surface area contributed by atoms with Gasteiger partial charge in [0, 0.05) is 12.5 Å². The first-order chi connectivity index (χ1) is 8.02. The van der Waals surface area contributed by atoms with Gasteiger partial charge in [0.15, 0.2) is 0 Å². The molecule has 3 nitrogen and oxygen atoms in total. The second kappa shape index (κ2) is 4.40. The molecule has 1 amide bonds. The van der Waals surface area contributed by atoms with Gasteiger partial charge in [-0.2, -0.15) is 0 Å². The lowest BCUT2D eigenvalue weighted by molar-refractivity contribution is -0.121. The molecule has 1 aromatic carbocycles. The van der Waals surface area contributed by atoms with Crippen LogP contribution in [0.4, 0.5) is 5.69 Å². The number of benzene rings is 1. The molecule has 0 spiro atoms. The van der Waals surface area contributed by atoms with E-state index in [2.05, 4.69) is 0 Å². The lowest BCUT2D eigenvalue weighted by atomic mass is 9.95. The van der Waals surface area contributed by atoms with E-state index < -0.39 is 0 Å². The summed E-state index contributed by atoms with van der Waals surface area (Å²) in [4.78, 5) is 13.9. The van der Waals surface area contributed by atoms with Gasteiger partial charge < -0.3 is 10.0 Å². The summed E-state index contributed by atoms with van der Waals surface area (Å²) in [6, 6.07) is 3.59. The summed E-state index contributed by atoms with van der Waals surface area (Å²) in [6.45, 7) is 6.52. The minimum absolute atomic E-state index is 0.0409. The predicted octanol–water partition coefficient (Wildman–Crippen LogP) is 2.64. The molecule has 0 saturated carbocycles. The number of aromatic hydroxyl groups is 1. The van der Waals surface area contributed by atoms with Gasteiger partial charge in [0.25, 0.3) is 0 Å². The molecule has 1 aliphatic rings. The monoisotopic (exact) mass is 233 g/mol. The smallest absolute Gasteiger partial charge is 0.229 e. The number of phenols is 1. The van der Waals surface area contributed by atoms with Crippen molar-refractivity contribution in [2.24, 2.45) is 5.92 Å². The molecule has 0 atom stereocenters. The molecule has 1 aliphatic heterocycles. The first-order valence-electron chi connectivity index (χ1n) is 6.15. The third-order valence-corrected chi connectivity index (χ3v) is 3.33. The van der Waals surface area contributed by atoms with E-state index in [4.69, 9.17) is 0 Å². The first-order valence-corrected chi connectivity index (χ1v) is 6.15. The van der Waals surface area contributed by atoms with Crippen LogP contribution in [0.2, 0.25) is 0 Å². The molecular formula is C14H19NO2. The van der Waals surface area contributed by atoms with Crippen LogP contribution in [0.5, 0.6) is 5.75 Å². The molecule has 1 aromatic rings. The minimum atomic E-state index is -0.0409. The summed E-state index contributed by atoms with van der Waals surface area (Å²) in [7, 11) is 0. The summed E-state index contributed by atoms with van der Waals surface area (Å²) in [5, 5.41) is 9.99. The van der Waals surface area contributed by atoms with Crippen LogP contribution in [0, 0.1) is 12.8 Å². The number of rotatable bonds is 1. The predicted molar refractivity (Wildman–Crippen MR) is 68.4 cm³/mol. The summed E-state index contributed by atoms with van der Waals surface area (Å²) < 4.78 is 0. The fraction of sp³-hybridized carbons (Fsp3) is 0.500. The molecule has 0 aliphatic carbocycles. The molecule has 0 aromatic heterocycles. The van der Waals surface area contributed by atoms with E-state index in [-0.39, 0.29) is 17.6 Å². The Morgan fingerprint density at radius 1 is 1.41 bits per heavy atom. The Kier molecular flexibility index (Phi) is 3.09. The van der Waals surface area contributed by atoms with Crippen LogP contribution in [0.15, 0.2) is 12.1 Å². The molecule has 1 heterocycles. The van der Waals surface area contributed by atoms with Crippen molar-refractivity contribution in [1.29, 1.82) is 0 Å². The SMILES string of the molecule is Cc1ccc(O)c2c1CCCN2C(=O)C(C)C. The Bertz CT molecular complexity index is 452. The highest BCUT2D eigenvalue weighted by Gasteiger charge is 2.27. The van der Waals surface area contributed by atoms with E-state index in [9.17, 15) is 9.90 Å². The molecule has 0 bridgehead atoms. The highest BCUT2D eigenvalue weighted by Crippen LogP contribution is 2.38. The molecule has 0 fully saturated rings. The average Bonchev–Trinajstić information content (AvgIpc) is 2.32. The van der Waals surface area contributed by atoms with E-state index in [1.807, 2.05) is 26.8 Å². The largest absolute Gasteiger partial charge is 0.506 e. The molecule has 2 rings (SSSR count). The number of nitrogens with zero attached hydrogens (tertiary/aromatic N) is 1. The molecule has 0 radical (unpaired) electrons. The van der Waals surface area contributed by atoms with Crippen molar-refractivity contribution >= 4 is 11.6 Å². The third-order valence-electron chi connectivity index (χ3n) is 3.33. The van der Waals surface area contributed by atoms with E-state index >= 15 is 0 Å². The maximum atomic E-state index is 12.1. The molecule has 3 heteroatoms. The zero-order valence-corrected chi connectivity index (χ0v) is 10.7. The Labute approximate surface area is 102 Å². The van der Waals surface area contributed by atoms with Gasteiger partial charge in [-0.15, -0.1) is 0 Å². The van der Waals surface area contributed by atoms with Gasteiger partial charge in [-0.3, -0.25) is 4.79 Å². The highest BCUT2D eigenvalue weighted by molar-refractivity contribution is 5.97. The topological polar surface area (TPSA) is 40.5 Å². The van der Waals surface area contributed by atoms with Gasteiger partial charge in [-0.1, -0.05) is 19.9 Å². The Hall–Kier alpha value is -1.51. The summed E-state index contributed by atoms with van der Waals surface area (Å²) in [6.07, 6.45) is 1.91. The third kappa shape index (κ3) is 2.02. The Balaban J connectivity index is 2.51. The Morgan fingerprint density at radius 3 is 2.76 bits per heavy atom. The van der Waals surface area contributed by atoms with Crippen molar-refractivity contribution in [2.45, 2.75) is 33.6 Å². The van der Waals surface area contributed by atoms with Crippen LogP contribution < -0.4 is 4.90 Å². The van der Waals surface area contributed by atoms with E-state index in [0.29, 0.717) is 6.54 Å². The fourth-order valence-corrected chi connectivity index (χ4v) is 2.40. The zero-order chi connectivity index (χ0) is 12.6. The van der Waals surface area contributed by atoms with Gasteiger partial charge in [0.05, 0.1) is 5.69 Å². The number of hydrogen-bond acceptors (Lipinski definition) is 2. The summed E-state index contributed by atoms with van der Waals surface area (Å²) in [5.74, 6) is 0.270. The van der Waals surface area contributed by atoms with E-state index in [1.165, 1.54) is 0 Å². The van der Waals surface area contributed by atoms with Crippen LogP contribution in [-0.2, 0) is 11.2 Å². The van der Waals surface area contributed by atoms with Crippen molar-refractivity contribution < 1.29 is 9.90 Å². The van der Waals surface area contributed by atoms with Gasteiger partial charge in [0.2, 0.25) is 5.91 Å². The number of fused-ring (bicyclic) bond motifs is 1. The first kappa shape index (κ1) is 12.0. The molecule has 92 valence electrons. The summed E-state index contributed by atoms with van der Waals surface area (Å²) in [5.41, 5.74) is 3.00. The number of carbonyl (C=O) groups is 1. The molecular weight excluding hydrogens is 214 g/mol. The maximum Gasteiger partial charge on any atom is 0.229 e. The number of anilines is 1.